The number of carbonyl (C=O) groups excluding carboxylic acids is 4. The molecule has 164 valence electrons. The fourth-order valence-electron chi connectivity index (χ4n) is 5.10. The van der Waals surface area contributed by atoms with Crippen molar-refractivity contribution in [2.45, 2.75) is 56.7 Å². The van der Waals surface area contributed by atoms with E-state index >= 15 is 0 Å². The molecule has 0 spiro atoms. The molecule has 7 rings (SSSR count). The Bertz CT molecular complexity index is 1220. The number of aromatic nitrogens is 3. The van der Waals surface area contributed by atoms with E-state index in [1.54, 1.807) is 22.9 Å². The van der Waals surface area contributed by atoms with Crippen LogP contribution in [-0.2, 0) is 15.1 Å². The smallest absolute Gasteiger partial charge is 0.264 e. The average Bonchev–Trinajstić information content (AvgIpc) is 3.21. The van der Waals surface area contributed by atoms with Crippen molar-refractivity contribution in [3.63, 3.8) is 0 Å². The van der Waals surface area contributed by atoms with Crippen LogP contribution >= 0.6 is 0 Å². The SMILES string of the molecule is CC(C)n1cc(C2(Nc3cccc4c3C(=O)N(C35CC(C3)C(=O)NC5=O)C4=O)CC2)nn1. The molecule has 10 nitrogen and oxygen atoms in total. The van der Waals surface area contributed by atoms with Gasteiger partial charge in [0.05, 0.1) is 22.9 Å². The van der Waals surface area contributed by atoms with E-state index in [4.69, 9.17) is 0 Å². The van der Waals surface area contributed by atoms with Crippen molar-refractivity contribution in [3.8, 4) is 0 Å². The van der Waals surface area contributed by atoms with E-state index in [9.17, 15) is 19.2 Å². The van der Waals surface area contributed by atoms with E-state index in [2.05, 4.69) is 20.9 Å². The maximum atomic E-state index is 13.5. The molecular formula is C22H22N6O4. The number of rotatable bonds is 5. The second-order valence-corrected chi connectivity index (χ2v) is 9.51. The molecule has 2 aliphatic carbocycles. The van der Waals surface area contributed by atoms with Crippen LogP contribution < -0.4 is 10.6 Å². The first-order valence-corrected chi connectivity index (χ1v) is 10.8. The van der Waals surface area contributed by atoms with Crippen LogP contribution in [0.3, 0.4) is 0 Å². The topological polar surface area (TPSA) is 126 Å². The van der Waals surface area contributed by atoms with Gasteiger partial charge in [-0.1, -0.05) is 11.3 Å². The Labute approximate surface area is 183 Å². The van der Waals surface area contributed by atoms with Gasteiger partial charge in [-0.25, -0.2) is 4.68 Å². The Morgan fingerprint density at radius 1 is 1.12 bits per heavy atom. The van der Waals surface area contributed by atoms with Gasteiger partial charge in [0, 0.05) is 17.6 Å². The van der Waals surface area contributed by atoms with Crippen molar-refractivity contribution in [2.24, 2.45) is 5.92 Å². The van der Waals surface area contributed by atoms with Crippen LogP contribution in [0.2, 0.25) is 0 Å². The Morgan fingerprint density at radius 3 is 2.50 bits per heavy atom. The second-order valence-electron chi connectivity index (χ2n) is 9.51. The fourth-order valence-corrected chi connectivity index (χ4v) is 5.10. The van der Waals surface area contributed by atoms with Crippen LogP contribution in [0.4, 0.5) is 5.69 Å². The minimum atomic E-state index is -1.28. The highest BCUT2D eigenvalue weighted by Crippen LogP contribution is 2.51. The van der Waals surface area contributed by atoms with E-state index in [1.807, 2.05) is 20.0 Å². The van der Waals surface area contributed by atoms with Gasteiger partial charge in [0.25, 0.3) is 17.7 Å². The number of piperidine rings is 2. The first-order valence-electron chi connectivity index (χ1n) is 10.8. The van der Waals surface area contributed by atoms with Gasteiger partial charge in [0.1, 0.15) is 11.2 Å². The van der Waals surface area contributed by atoms with Crippen LogP contribution in [0.5, 0.6) is 0 Å². The quantitative estimate of drug-likeness (QED) is 0.681. The number of nitrogens with zero attached hydrogens (tertiary/aromatic N) is 4. The second kappa shape index (κ2) is 6.02. The molecule has 4 heterocycles. The molecule has 2 N–H and O–H groups in total. The third-order valence-electron chi connectivity index (χ3n) is 7.19. The molecule has 10 heteroatoms. The zero-order valence-corrected chi connectivity index (χ0v) is 17.7. The largest absolute Gasteiger partial charge is 0.373 e. The van der Waals surface area contributed by atoms with Gasteiger partial charge in [0.15, 0.2) is 0 Å². The molecule has 32 heavy (non-hydrogen) atoms. The van der Waals surface area contributed by atoms with E-state index in [0.717, 1.165) is 23.4 Å². The highest BCUT2D eigenvalue weighted by Gasteiger charge is 2.65. The molecule has 4 amide bonds. The Hall–Kier alpha value is -3.56. The molecule has 2 aromatic rings. The van der Waals surface area contributed by atoms with Crippen molar-refractivity contribution in [2.75, 3.05) is 5.32 Å². The number of hydrogen-bond acceptors (Lipinski definition) is 7. The van der Waals surface area contributed by atoms with Crippen LogP contribution in [0.1, 0.15) is 72.0 Å². The summed E-state index contributed by atoms with van der Waals surface area (Å²) in [4.78, 5) is 52.3. The molecule has 1 aromatic carbocycles. The molecule has 3 aliphatic heterocycles. The van der Waals surface area contributed by atoms with Gasteiger partial charge in [0.2, 0.25) is 5.91 Å². The monoisotopic (exact) mass is 434 g/mol. The number of amides is 4. The average molecular weight is 434 g/mol. The lowest BCUT2D eigenvalue weighted by molar-refractivity contribution is -0.158. The van der Waals surface area contributed by atoms with Crippen molar-refractivity contribution < 1.29 is 19.2 Å². The molecule has 0 atom stereocenters. The minimum absolute atomic E-state index is 0.180. The zero-order chi connectivity index (χ0) is 22.4. The maximum absolute atomic E-state index is 13.5. The lowest BCUT2D eigenvalue weighted by Gasteiger charge is -2.52. The summed E-state index contributed by atoms with van der Waals surface area (Å²) in [6.45, 7) is 4.04. The van der Waals surface area contributed by atoms with E-state index < -0.39 is 28.8 Å². The first kappa shape index (κ1) is 19.1. The normalized spacial score (nSPS) is 27.3. The standard InChI is InChI=1S/C22H22N6O4/c1-11(2)27-10-15(25-26-27)21(6-7-21)24-14-5-3-4-13-16(14)19(31)28(18(13)30)22-8-12(9-22)17(29)23-20(22)32/h3-5,10-12,24H,6-9H2,1-2H3,(H,23,29,32). The van der Waals surface area contributed by atoms with E-state index in [-0.39, 0.29) is 41.8 Å². The summed E-state index contributed by atoms with van der Waals surface area (Å²) in [6, 6.07) is 5.28. The number of hydrogen-bond donors (Lipinski definition) is 2. The number of benzene rings is 1. The Kier molecular flexibility index (Phi) is 3.60. The van der Waals surface area contributed by atoms with Crippen LogP contribution in [-0.4, -0.2) is 49.1 Å². The van der Waals surface area contributed by atoms with Crippen LogP contribution in [0.25, 0.3) is 0 Å². The van der Waals surface area contributed by atoms with Crippen molar-refractivity contribution in [1.29, 1.82) is 0 Å². The van der Waals surface area contributed by atoms with Gasteiger partial charge < -0.3 is 5.32 Å². The molecule has 2 saturated carbocycles. The summed E-state index contributed by atoms with van der Waals surface area (Å²) in [6.07, 6.45) is 3.94. The maximum Gasteiger partial charge on any atom is 0.264 e. The molecule has 4 fully saturated rings. The highest BCUT2D eigenvalue weighted by atomic mass is 16.2. The summed E-state index contributed by atoms with van der Waals surface area (Å²) in [5.74, 6) is -2.24. The number of imide groups is 2. The summed E-state index contributed by atoms with van der Waals surface area (Å²) >= 11 is 0. The number of carbonyl (C=O) groups is 4. The van der Waals surface area contributed by atoms with Gasteiger partial charge in [-0.15, -0.1) is 5.10 Å². The van der Waals surface area contributed by atoms with Gasteiger partial charge in [-0.2, -0.15) is 0 Å². The Balaban J connectivity index is 1.34. The molecule has 2 bridgehead atoms. The molecule has 1 aromatic heterocycles. The molecule has 5 aliphatic rings. The Morgan fingerprint density at radius 2 is 1.88 bits per heavy atom. The van der Waals surface area contributed by atoms with Crippen LogP contribution in [0, 0.1) is 5.92 Å². The van der Waals surface area contributed by atoms with Crippen LogP contribution in [0.15, 0.2) is 24.4 Å². The summed E-state index contributed by atoms with van der Waals surface area (Å²) in [5, 5.41) is 14.3. The summed E-state index contributed by atoms with van der Waals surface area (Å²) < 4.78 is 1.79. The number of fused-ring (bicyclic) bond motifs is 3. The summed E-state index contributed by atoms with van der Waals surface area (Å²) in [7, 11) is 0. The first-order chi connectivity index (χ1) is 15.3. The number of nitrogens with one attached hydrogen (secondary N) is 2. The predicted molar refractivity (Wildman–Crippen MR) is 110 cm³/mol. The molecule has 0 radical (unpaired) electrons. The third kappa shape index (κ3) is 2.34. The fraction of sp³-hybridized carbons (Fsp3) is 0.455. The zero-order valence-electron chi connectivity index (χ0n) is 17.7. The lowest BCUT2D eigenvalue weighted by Crippen LogP contribution is -2.74. The number of anilines is 1. The summed E-state index contributed by atoms with van der Waals surface area (Å²) in [5.41, 5.74) is 0.155. The van der Waals surface area contributed by atoms with Gasteiger partial charge >= 0.3 is 0 Å². The minimum Gasteiger partial charge on any atom is -0.373 e. The van der Waals surface area contributed by atoms with E-state index in [0.29, 0.717) is 5.69 Å². The molecule has 0 unspecified atom stereocenters. The van der Waals surface area contributed by atoms with E-state index in [1.165, 1.54) is 0 Å². The lowest BCUT2D eigenvalue weighted by atomic mass is 9.63. The van der Waals surface area contributed by atoms with Crippen molar-refractivity contribution >= 4 is 29.3 Å². The molecular weight excluding hydrogens is 412 g/mol. The predicted octanol–water partition coefficient (Wildman–Crippen LogP) is 1.36. The third-order valence-corrected chi connectivity index (χ3v) is 7.19. The van der Waals surface area contributed by atoms with Gasteiger partial charge in [-0.05, 0) is 51.7 Å². The van der Waals surface area contributed by atoms with Crippen molar-refractivity contribution in [1.82, 2.24) is 25.2 Å². The molecule has 2 saturated heterocycles. The van der Waals surface area contributed by atoms with Gasteiger partial charge in [-0.3, -0.25) is 29.4 Å². The van der Waals surface area contributed by atoms with Crippen molar-refractivity contribution in [3.05, 3.63) is 41.2 Å². The highest BCUT2D eigenvalue weighted by molar-refractivity contribution is 6.27.